The maximum atomic E-state index is 4.36. The monoisotopic (exact) mass is 283 g/mol. The molecule has 0 aliphatic heterocycles. The lowest BCUT2D eigenvalue weighted by atomic mass is 10.1. The highest BCUT2D eigenvalue weighted by Gasteiger charge is 2.06. The second kappa shape index (κ2) is 7.11. The van der Waals surface area contributed by atoms with Gasteiger partial charge in [-0.3, -0.25) is 0 Å². The number of anilines is 2. The second-order valence-corrected chi connectivity index (χ2v) is 5.62. The molecule has 0 spiro atoms. The average Bonchev–Trinajstić information content (AvgIpc) is 2.45. The molecule has 1 heterocycles. The standard InChI is InChI=1S/C18H25N3/c1-5-9-19-18-12-16(8-10-20-18)13-21(4)17-7-6-14(2)11-15(17)3/h6-8,10-12H,5,9,13H2,1-4H3,(H,19,20). The molecule has 112 valence electrons. The molecule has 0 aliphatic rings. The summed E-state index contributed by atoms with van der Waals surface area (Å²) in [6, 6.07) is 10.8. The van der Waals surface area contributed by atoms with Gasteiger partial charge in [0.15, 0.2) is 0 Å². The van der Waals surface area contributed by atoms with Crippen molar-refractivity contribution < 1.29 is 0 Å². The van der Waals surface area contributed by atoms with E-state index in [1.54, 1.807) is 0 Å². The summed E-state index contributed by atoms with van der Waals surface area (Å²) in [5, 5.41) is 3.34. The number of aromatic nitrogens is 1. The molecule has 0 atom stereocenters. The summed E-state index contributed by atoms with van der Waals surface area (Å²) in [5.41, 5.74) is 5.17. The van der Waals surface area contributed by atoms with E-state index in [1.165, 1.54) is 22.4 Å². The fourth-order valence-electron chi connectivity index (χ4n) is 2.52. The molecular formula is C18H25N3. The van der Waals surface area contributed by atoms with E-state index in [0.29, 0.717) is 0 Å². The summed E-state index contributed by atoms with van der Waals surface area (Å²) in [4.78, 5) is 6.64. The molecule has 0 bridgehead atoms. The highest BCUT2D eigenvalue weighted by molar-refractivity contribution is 5.54. The van der Waals surface area contributed by atoms with Gasteiger partial charge in [-0.05, 0) is 49.6 Å². The van der Waals surface area contributed by atoms with Gasteiger partial charge in [0.05, 0.1) is 0 Å². The van der Waals surface area contributed by atoms with Crippen molar-refractivity contribution >= 4 is 11.5 Å². The molecule has 2 rings (SSSR count). The predicted octanol–water partition coefficient (Wildman–Crippen LogP) is 4.16. The Hall–Kier alpha value is -2.03. The van der Waals surface area contributed by atoms with E-state index in [4.69, 9.17) is 0 Å². The fraction of sp³-hybridized carbons (Fsp3) is 0.389. The summed E-state index contributed by atoms with van der Waals surface area (Å²) in [7, 11) is 2.14. The Morgan fingerprint density at radius 2 is 1.95 bits per heavy atom. The second-order valence-electron chi connectivity index (χ2n) is 5.62. The number of rotatable bonds is 6. The van der Waals surface area contributed by atoms with Crippen LogP contribution in [0.3, 0.4) is 0 Å². The first kappa shape index (κ1) is 15.4. The normalized spacial score (nSPS) is 10.5. The molecule has 1 N–H and O–H groups in total. The van der Waals surface area contributed by atoms with Crippen molar-refractivity contribution in [3.8, 4) is 0 Å². The van der Waals surface area contributed by atoms with Gasteiger partial charge in [-0.2, -0.15) is 0 Å². The molecule has 3 nitrogen and oxygen atoms in total. The summed E-state index contributed by atoms with van der Waals surface area (Å²) in [6.07, 6.45) is 2.98. The zero-order valence-corrected chi connectivity index (χ0v) is 13.5. The van der Waals surface area contributed by atoms with Crippen LogP contribution in [0.15, 0.2) is 36.5 Å². The lowest BCUT2D eigenvalue weighted by Gasteiger charge is -2.22. The van der Waals surface area contributed by atoms with Crippen LogP contribution < -0.4 is 10.2 Å². The summed E-state index contributed by atoms with van der Waals surface area (Å²) >= 11 is 0. The van der Waals surface area contributed by atoms with Crippen LogP contribution in [0.2, 0.25) is 0 Å². The molecule has 21 heavy (non-hydrogen) atoms. The predicted molar refractivity (Wildman–Crippen MR) is 91.0 cm³/mol. The van der Waals surface area contributed by atoms with Gasteiger partial charge in [-0.15, -0.1) is 0 Å². The van der Waals surface area contributed by atoms with E-state index in [9.17, 15) is 0 Å². The lowest BCUT2D eigenvalue weighted by Crippen LogP contribution is -2.17. The minimum Gasteiger partial charge on any atom is -0.370 e. The topological polar surface area (TPSA) is 28.2 Å². The van der Waals surface area contributed by atoms with E-state index < -0.39 is 0 Å². The number of benzene rings is 1. The third kappa shape index (κ3) is 4.22. The first-order valence-electron chi connectivity index (χ1n) is 7.57. The van der Waals surface area contributed by atoms with Crippen molar-refractivity contribution in [3.05, 3.63) is 53.2 Å². The van der Waals surface area contributed by atoms with Crippen LogP contribution in [0.1, 0.15) is 30.0 Å². The minimum absolute atomic E-state index is 0.882. The summed E-state index contributed by atoms with van der Waals surface area (Å²) < 4.78 is 0. The Labute approximate surface area is 128 Å². The molecule has 1 aromatic carbocycles. The van der Waals surface area contributed by atoms with Crippen molar-refractivity contribution in [1.29, 1.82) is 0 Å². The van der Waals surface area contributed by atoms with Gasteiger partial charge in [0.1, 0.15) is 5.82 Å². The third-order valence-corrected chi connectivity index (χ3v) is 3.56. The van der Waals surface area contributed by atoms with Gasteiger partial charge in [0, 0.05) is 32.0 Å². The van der Waals surface area contributed by atoms with Crippen LogP contribution in [0.25, 0.3) is 0 Å². The minimum atomic E-state index is 0.882. The first-order chi connectivity index (χ1) is 10.1. The molecule has 0 saturated carbocycles. The SMILES string of the molecule is CCCNc1cc(CN(C)c2ccc(C)cc2C)ccn1. The van der Waals surface area contributed by atoms with E-state index in [1.807, 2.05) is 6.20 Å². The molecule has 0 aliphatic carbocycles. The third-order valence-electron chi connectivity index (χ3n) is 3.56. The molecule has 0 radical (unpaired) electrons. The van der Waals surface area contributed by atoms with Gasteiger partial charge >= 0.3 is 0 Å². The van der Waals surface area contributed by atoms with Gasteiger partial charge < -0.3 is 10.2 Å². The van der Waals surface area contributed by atoms with Crippen LogP contribution in [0.5, 0.6) is 0 Å². The average molecular weight is 283 g/mol. The number of pyridine rings is 1. The largest absolute Gasteiger partial charge is 0.370 e. The molecule has 1 aromatic heterocycles. The number of nitrogens with zero attached hydrogens (tertiary/aromatic N) is 2. The van der Waals surface area contributed by atoms with Crippen molar-refractivity contribution in [1.82, 2.24) is 4.98 Å². The van der Waals surface area contributed by atoms with Crippen molar-refractivity contribution in [2.45, 2.75) is 33.7 Å². The van der Waals surface area contributed by atoms with Gasteiger partial charge in [0.2, 0.25) is 0 Å². The molecular weight excluding hydrogens is 258 g/mol. The quantitative estimate of drug-likeness (QED) is 0.863. The van der Waals surface area contributed by atoms with Gasteiger partial charge in [-0.25, -0.2) is 4.98 Å². The lowest BCUT2D eigenvalue weighted by molar-refractivity contribution is 0.910. The van der Waals surface area contributed by atoms with E-state index >= 15 is 0 Å². The highest BCUT2D eigenvalue weighted by Crippen LogP contribution is 2.22. The van der Waals surface area contributed by atoms with Crippen molar-refractivity contribution in [2.24, 2.45) is 0 Å². The zero-order chi connectivity index (χ0) is 15.2. The molecule has 2 aromatic rings. The molecule has 0 saturated heterocycles. The van der Waals surface area contributed by atoms with Crippen molar-refractivity contribution in [2.75, 3.05) is 23.8 Å². The zero-order valence-electron chi connectivity index (χ0n) is 13.5. The van der Waals surface area contributed by atoms with Crippen LogP contribution in [0, 0.1) is 13.8 Å². The van der Waals surface area contributed by atoms with Crippen LogP contribution >= 0.6 is 0 Å². The Morgan fingerprint density at radius 1 is 1.14 bits per heavy atom. The highest BCUT2D eigenvalue weighted by atomic mass is 15.1. The Morgan fingerprint density at radius 3 is 2.67 bits per heavy atom. The van der Waals surface area contributed by atoms with Crippen LogP contribution in [-0.2, 0) is 6.54 Å². The van der Waals surface area contributed by atoms with E-state index in [0.717, 1.165) is 25.3 Å². The number of hydrogen-bond donors (Lipinski definition) is 1. The number of nitrogens with one attached hydrogen (secondary N) is 1. The maximum Gasteiger partial charge on any atom is 0.126 e. The van der Waals surface area contributed by atoms with E-state index in [-0.39, 0.29) is 0 Å². The summed E-state index contributed by atoms with van der Waals surface area (Å²) in [5.74, 6) is 0.961. The molecule has 0 amide bonds. The Bertz CT molecular complexity index is 593. The maximum absolute atomic E-state index is 4.36. The molecule has 3 heteroatoms. The number of aryl methyl sites for hydroxylation is 2. The van der Waals surface area contributed by atoms with Crippen LogP contribution in [0.4, 0.5) is 11.5 Å². The van der Waals surface area contributed by atoms with Crippen LogP contribution in [-0.4, -0.2) is 18.6 Å². The van der Waals surface area contributed by atoms with E-state index in [2.05, 4.69) is 73.4 Å². The van der Waals surface area contributed by atoms with Gasteiger partial charge in [-0.1, -0.05) is 24.6 Å². The Kier molecular flexibility index (Phi) is 5.20. The molecule has 0 fully saturated rings. The molecule has 0 unspecified atom stereocenters. The van der Waals surface area contributed by atoms with Gasteiger partial charge in [0.25, 0.3) is 0 Å². The van der Waals surface area contributed by atoms with Crippen molar-refractivity contribution in [3.63, 3.8) is 0 Å². The smallest absolute Gasteiger partial charge is 0.126 e. The fourth-order valence-corrected chi connectivity index (χ4v) is 2.52. The summed E-state index contributed by atoms with van der Waals surface area (Å²) in [6.45, 7) is 8.30. The Balaban J connectivity index is 2.10. The number of hydrogen-bond acceptors (Lipinski definition) is 3. The first-order valence-corrected chi connectivity index (χ1v) is 7.57.